The van der Waals surface area contributed by atoms with Crippen molar-refractivity contribution in [3.63, 3.8) is 0 Å². The molecule has 3 aromatic rings. The SMILES string of the molecule is COc1ccc(Cl)cc1-n1c(SCCN2CCCC2=O)nnc1-c1cccc(Cl)c1. The third-order valence-electron chi connectivity index (χ3n) is 4.86. The molecule has 0 aliphatic carbocycles. The average Bonchev–Trinajstić information content (AvgIpc) is 3.34. The number of nitrogens with zero attached hydrogens (tertiary/aromatic N) is 4. The van der Waals surface area contributed by atoms with Crippen molar-refractivity contribution < 1.29 is 9.53 Å². The molecular weight excluding hydrogens is 443 g/mol. The van der Waals surface area contributed by atoms with E-state index in [1.807, 2.05) is 45.9 Å². The van der Waals surface area contributed by atoms with Gasteiger partial charge in [-0.3, -0.25) is 9.36 Å². The third kappa shape index (κ3) is 4.43. The van der Waals surface area contributed by atoms with Crippen molar-refractivity contribution >= 4 is 40.9 Å². The third-order valence-corrected chi connectivity index (χ3v) is 6.24. The fourth-order valence-corrected chi connectivity index (χ4v) is 4.68. The van der Waals surface area contributed by atoms with E-state index in [1.54, 1.807) is 13.2 Å². The van der Waals surface area contributed by atoms with Gasteiger partial charge < -0.3 is 9.64 Å². The second kappa shape index (κ2) is 9.29. The molecule has 2 aromatic carbocycles. The number of thioether (sulfide) groups is 1. The molecule has 0 N–H and O–H groups in total. The van der Waals surface area contributed by atoms with E-state index in [2.05, 4.69) is 10.2 Å². The van der Waals surface area contributed by atoms with Gasteiger partial charge in [-0.2, -0.15) is 0 Å². The number of hydrogen-bond donors (Lipinski definition) is 0. The zero-order valence-corrected chi connectivity index (χ0v) is 18.7. The summed E-state index contributed by atoms with van der Waals surface area (Å²) in [6.45, 7) is 1.50. The first-order valence-corrected chi connectivity index (χ1v) is 11.3. The fourth-order valence-electron chi connectivity index (χ4n) is 3.42. The van der Waals surface area contributed by atoms with Gasteiger partial charge in [0.15, 0.2) is 11.0 Å². The summed E-state index contributed by atoms with van der Waals surface area (Å²) in [5.41, 5.74) is 1.57. The van der Waals surface area contributed by atoms with Gasteiger partial charge in [-0.15, -0.1) is 10.2 Å². The van der Waals surface area contributed by atoms with Crippen molar-refractivity contribution in [3.8, 4) is 22.8 Å². The highest BCUT2D eigenvalue weighted by Crippen LogP contribution is 2.34. The van der Waals surface area contributed by atoms with Crippen molar-refractivity contribution in [2.75, 3.05) is 26.0 Å². The van der Waals surface area contributed by atoms with Crippen LogP contribution < -0.4 is 4.74 Å². The number of amides is 1. The largest absolute Gasteiger partial charge is 0.495 e. The normalized spacial score (nSPS) is 13.8. The predicted octanol–water partition coefficient (Wildman–Crippen LogP) is 4.96. The maximum Gasteiger partial charge on any atom is 0.222 e. The molecule has 1 aromatic heterocycles. The van der Waals surface area contributed by atoms with Gasteiger partial charge in [-0.05, 0) is 36.8 Å². The van der Waals surface area contributed by atoms with E-state index in [4.69, 9.17) is 27.9 Å². The average molecular weight is 463 g/mol. The Bertz CT molecular complexity index is 1070. The van der Waals surface area contributed by atoms with Crippen LogP contribution in [0.1, 0.15) is 12.8 Å². The first-order chi connectivity index (χ1) is 14.6. The molecule has 9 heteroatoms. The predicted molar refractivity (Wildman–Crippen MR) is 120 cm³/mol. The second-order valence-electron chi connectivity index (χ2n) is 6.80. The molecule has 1 saturated heterocycles. The highest BCUT2D eigenvalue weighted by molar-refractivity contribution is 7.99. The van der Waals surface area contributed by atoms with Crippen LogP contribution in [-0.4, -0.2) is 51.5 Å². The van der Waals surface area contributed by atoms with Crippen molar-refractivity contribution in [2.24, 2.45) is 0 Å². The number of methoxy groups -OCH3 is 1. The van der Waals surface area contributed by atoms with E-state index in [9.17, 15) is 4.79 Å². The zero-order valence-electron chi connectivity index (χ0n) is 16.3. The van der Waals surface area contributed by atoms with Crippen LogP contribution in [0.25, 0.3) is 17.1 Å². The molecule has 0 radical (unpaired) electrons. The van der Waals surface area contributed by atoms with Crippen LogP contribution in [0.5, 0.6) is 5.75 Å². The Hall–Kier alpha value is -2.22. The van der Waals surface area contributed by atoms with Crippen molar-refractivity contribution in [1.29, 1.82) is 0 Å². The zero-order chi connectivity index (χ0) is 21.1. The molecule has 2 heterocycles. The van der Waals surface area contributed by atoms with Crippen LogP contribution in [0, 0.1) is 0 Å². The first kappa shape index (κ1) is 21.0. The molecule has 0 bridgehead atoms. The Kier molecular flexibility index (Phi) is 6.51. The fraction of sp³-hybridized carbons (Fsp3) is 0.286. The Labute approximate surface area is 189 Å². The van der Waals surface area contributed by atoms with Crippen molar-refractivity contribution in [3.05, 3.63) is 52.5 Å². The standard InChI is InChI=1S/C21H20Cl2N4O2S/c1-29-18-8-7-16(23)13-17(18)27-20(14-4-2-5-15(22)12-14)24-25-21(27)30-11-10-26-9-3-6-19(26)28/h2,4-5,7-8,12-13H,3,6,9-11H2,1H3. The summed E-state index contributed by atoms with van der Waals surface area (Å²) in [7, 11) is 1.61. The van der Waals surface area contributed by atoms with Gasteiger partial charge in [0.05, 0.1) is 12.8 Å². The summed E-state index contributed by atoms with van der Waals surface area (Å²) in [5.74, 6) is 2.22. The van der Waals surface area contributed by atoms with Gasteiger partial charge in [0.2, 0.25) is 5.91 Å². The number of carbonyl (C=O) groups is 1. The summed E-state index contributed by atoms with van der Waals surface area (Å²) in [6, 6.07) is 12.9. The van der Waals surface area contributed by atoms with Gasteiger partial charge in [0.1, 0.15) is 5.75 Å². The molecule has 4 rings (SSSR count). The van der Waals surface area contributed by atoms with E-state index < -0.39 is 0 Å². The van der Waals surface area contributed by atoms with E-state index in [0.29, 0.717) is 45.5 Å². The first-order valence-electron chi connectivity index (χ1n) is 9.52. The van der Waals surface area contributed by atoms with Crippen LogP contribution >= 0.6 is 35.0 Å². The molecule has 156 valence electrons. The minimum absolute atomic E-state index is 0.216. The Morgan fingerprint density at radius 2 is 1.97 bits per heavy atom. The number of hydrogen-bond acceptors (Lipinski definition) is 5. The highest BCUT2D eigenvalue weighted by Gasteiger charge is 2.22. The molecular formula is C21H20Cl2N4O2S. The van der Waals surface area contributed by atoms with E-state index >= 15 is 0 Å². The number of benzene rings is 2. The van der Waals surface area contributed by atoms with E-state index in [0.717, 1.165) is 24.2 Å². The molecule has 1 aliphatic rings. The molecule has 0 unspecified atom stereocenters. The summed E-state index contributed by atoms with van der Waals surface area (Å²) < 4.78 is 7.49. The number of aromatic nitrogens is 3. The van der Waals surface area contributed by atoms with Crippen molar-refractivity contribution in [2.45, 2.75) is 18.0 Å². The number of carbonyl (C=O) groups excluding carboxylic acids is 1. The van der Waals surface area contributed by atoms with Gasteiger partial charge >= 0.3 is 0 Å². The van der Waals surface area contributed by atoms with E-state index in [-0.39, 0.29) is 5.91 Å². The monoisotopic (exact) mass is 462 g/mol. The lowest BCUT2D eigenvalue weighted by Gasteiger charge is -2.16. The molecule has 1 fully saturated rings. The maximum absolute atomic E-state index is 11.9. The van der Waals surface area contributed by atoms with Gasteiger partial charge in [0.25, 0.3) is 0 Å². The van der Waals surface area contributed by atoms with Crippen LogP contribution in [0.4, 0.5) is 0 Å². The van der Waals surface area contributed by atoms with Gasteiger partial charge in [-0.25, -0.2) is 0 Å². The molecule has 1 aliphatic heterocycles. The lowest BCUT2D eigenvalue weighted by atomic mass is 10.2. The number of rotatable bonds is 7. The minimum atomic E-state index is 0.216. The molecule has 6 nitrogen and oxygen atoms in total. The Balaban J connectivity index is 1.72. The van der Waals surface area contributed by atoms with Crippen molar-refractivity contribution in [1.82, 2.24) is 19.7 Å². The van der Waals surface area contributed by atoms with Crippen LogP contribution in [0.15, 0.2) is 47.6 Å². The van der Waals surface area contributed by atoms with Gasteiger partial charge in [0, 0.05) is 40.9 Å². The summed E-state index contributed by atoms with van der Waals surface area (Å²) in [4.78, 5) is 13.8. The summed E-state index contributed by atoms with van der Waals surface area (Å²) in [5, 5.41) is 10.7. The minimum Gasteiger partial charge on any atom is -0.495 e. The maximum atomic E-state index is 11.9. The van der Waals surface area contributed by atoms with Crippen LogP contribution in [0.3, 0.4) is 0 Å². The summed E-state index contributed by atoms with van der Waals surface area (Å²) in [6.07, 6.45) is 1.57. The molecule has 1 amide bonds. The smallest absolute Gasteiger partial charge is 0.222 e. The van der Waals surface area contributed by atoms with Gasteiger partial charge in [-0.1, -0.05) is 47.1 Å². The number of halogens is 2. The van der Waals surface area contributed by atoms with Crippen LogP contribution in [0.2, 0.25) is 10.0 Å². The molecule has 0 saturated carbocycles. The molecule has 0 atom stereocenters. The number of likely N-dealkylation sites (tertiary alicyclic amines) is 1. The quantitative estimate of drug-likeness (QED) is 0.464. The van der Waals surface area contributed by atoms with E-state index in [1.165, 1.54) is 11.8 Å². The topological polar surface area (TPSA) is 60.2 Å². The molecule has 30 heavy (non-hydrogen) atoms. The summed E-state index contributed by atoms with van der Waals surface area (Å²) >= 11 is 14.0. The second-order valence-corrected chi connectivity index (χ2v) is 8.74. The Morgan fingerprint density at radius 1 is 1.13 bits per heavy atom. The molecule has 0 spiro atoms. The Morgan fingerprint density at radius 3 is 2.70 bits per heavy atom. The lowest BCUT2D eigenvalue weighted by Crippen LogP contribution is -2.27. The number of ether oxygens (including phenoxy) is 1. The van der Waals surface area contributed by atoms with Crippen LogP contribution in [-0.2, 0) is 4.79 Å². The highest BCUT2D eigenvalue weighted by atomic mass is 35.5. The lowest BCUT2D eigenvalue weighted by molar-refractivity contribution is -0.127.